The van der Waals surface area contributed by atoms with Crippen molar-refractivity contribution in [2.45, 2.75) is 13.3 Å². The van der Waals surface area contributed by atoms with Crippen LogP contribution in [0, 0.1) is 6.92 Å². The minimum Gasteiger partial charge on any atom is -0.481 e. The number of thioether (sulfide) groups is 1. The fourth-order valence-corrected chi connectivity index (χ4v) is 1.97. The molecule has 0 spiro atoms. The van der Waals surface area contributed by atoms with Gasteiger partial charge < -0.3 is 10.4 Å². The number of carbonyl (C=O) groups excluding carboxylic acids is 1. The van der Waals surface area contributed by atoms with Crippen LogP contribution >= 0.6 is 11.8 Å². The number of rotatable bonds is 6. The molecule has 0 unspecified atom stereocenters. The van der Waals surface area contributed by atoms with Crippen molar-refractivity contribution in [2.24, 2.45) is 0 Å². The van der Waals surface area contributed by atoms with Gasteiger partial charge in [-0.15, -0.1) is 0 Å². The lowest BCUT2D eigenvalue weighted by atomic mass is 10.2. The second-order valence-electron chi connectivity index (χ2n) is 3.61. The van der Waals surface area contributed by atoms with Gasteiger partial charge in [-0.2, -0.15) is 11.8 Å². The highest BCUT2D eigenvalue weighted by atomic mass is 32.2. The number of anilines is 1. The normalized spacial score (nSPS) is 9.94. The largest absolute Gasteiger partial charge is 0.481 e. The number of amides is 1. The van der Waals surface area contributed by atoms with E-state index in [0.717, 1.165) is 11.3 Å². The first-order chi connectivity index (χ1) is 8.08. The van der Waals surface area contributed by atoms with Gasteiger partial charge in [-0.25, -0.2) is 0 Å². The quantitative estimate of drug-likeness (QED) is 0.762. The summed E-state index contributed by atoms with van der Waals surface area (Å²) in [6, 6.07) is 7.55. The summed E-state index contributed by atoms with van der Waals surface area (Å²) in [5.41, 5.74) is 1.86. The summed E-state index contributed by atoms with van der Waals surface area (Å²) < 4.78 is 0. The second-order valence-corrected chi connectivity index (χ2v) is 4.72. The van der Waals surface area contributed by atoms with Gasteiger partial charge in [0.1, 0.15) is 0 Å². The highest BCUT2D eigenvalue weighted by Crippen LogP contribution is 2.10. The molecule has 0 saturated heterocycles. The maximum absolute atomic E-state index is 11.5. The Bertz CT molecular complexity index is 406. The van der Waals surface area contributed by atoms with E-state index in [0.29, 0.717) is 5.75 Å². The minimum atomic E-state index is -0.836. The number of carboxylic acids is 1. The molecule has 0 heterocycles. The Hall–Kier alpha value is -1.49. The fraction of sp³-hybridized carbons (Fsp3) is 0.333. The zero-order chi connectivity index (χ0) is 12.7. The molecule has 1 amide bonds. The lowest BCUT2D eigenvalue weighted by Crippen LogP contribution is -2.14. The highest BCUT2D eigenvalue weighted by Gasteiger charge is 2.03. The lowest BCUT2D eigenvalue weighted by molar-refractivity contribution is -0.136. The van der Waals surface area contributed by atoms with Crippen molar-refractivity contribution < 1.29 is 14.7 Å². The number of benzene rings is 1. The molecule has 0 aliphatic heterocycles. The van der Waals surface area contributed by atoms with Gasteiger partial charge in [0.05, 0.1) is 12.2 Å². The summed E-state index contributed by atoms with van der Waals surface area (Å²) in [5, 5.41) is 11.2. The van der Waals surface area contributed by atoms with Gasteiger partial charge in [0, 0.05) is 11.4 Å². The molecule has 0 radical (unpaired) electrons. The zero-order valence-electron chi connectivity index (χ0n) is 9.60. The predicted octanol–water partition coefficient (Wildman–Crippen LogP) is 2.14. The molecular formula is C12H15NO3S. The fourth-order valence-electron chi connectivity index (χ4n) is 1.24. The third kappa shape index (κ3) is 5.97. The van der Waals surface area contributed by atoms with Crippen molar-refractivity contribution in [1.82, 2.24) is 0 Å². The topological polar surface area (TPSA) is 66.4 Å². The van der Waals surface area contributed by atoms with Crippen molar-refractivity contribution in [3.63, 3.8) is 0 Å². The molecule has 5 heteroatoms. The summed E-state index contributed by atoms with van der Waals surface area (Å²) in [6.07, 6.45) is 0.0857. The van der Waals surface area contributed by atoms with Gasteiger partial charge in [-0.05, 0) is 24.6 Å². The zero-order valence-corrected chi connectivity index (χ0v) is 10.4. The van der Waals surface area contributed by atoms with Crippen LogP contribution in [0.5, 0.6) is 0 Å². The van der Waals surface area contributed by atoms with E-state index in [-0.39, 0.29) is 18.1 Å². The van der Waals surface area contributed by atoms with Crippen LogP contribution in [-0.2, 0) is 9.59 Å². The van der Waals surface area contributed by atoms with Crippen LogP contribution in [0.15, 0.2) is 24.3 Å². The van der Waals surface area contributed by atoms with E-state index in [9.17, 15) is 9.59 Å². The van der Waals surface area contributed by atoms with Crippen LogP contribution < -0.4 is 5.32 Å². The molecule has 92 valence electrons. The van der Waals surface area contributed by atoms with Gasteiger partial charge in [0.15, 0.2) is 0 Å². The molecule has 1 rings (SSSR count). The van der Waals surface area contributed by atoms with Crippen molar-refractivity contribution in [3.05, 3.63) is 29.8 Å². The summed E-state index contributed by atoms with van der Waals surface area (Å²) in [5.74, 6) is -0.208. The average Bonchev–Trinajstić information content (AvgIpc) is 2.24. The second kappa shape index (κ2) is 6.96. The standard InChI is InChI=1S/C12H15NO3S/c1-9-3-2-4-10(7-9)13-11(14)8-17-6-5-12(15)16/h2-4,7H,5-6,8H2,1H3,(H,13,14)(H,15,16). The van der Waals surface area contributed by atoms with E-state index < -0.39 is 5.97 Å². The first-order valence-corrected chi connectivity index (χ1v) is 6.39. The number of hydrogen-bond acceptors (Lipinski definition) is 3. The number of nitrogens with one attached hydrogen (secondary N) is 1. The van der Waals surface area contributed by atoms with E-state index in [2.05, 4.69) is 5.32 Å². The summed E-state index contributed by atoms with van der Waals surface area (Å²) in [7, 11) is 0. The first kappa shape index (κ1) is 13.6. The molecule has 1 aromatic carbocycles. The van der Waals surface area contributed by atoms with E-state index in [4.69, 9.17) is 5.11 Å². The number of aliphatic carboxylic acids is 1. The third-order valence-corrected chi connectivity index (χ3v) is 2.95. The molecule has 0 aliphatic carbocycles. The summed E-state index contributed by atoms with van der Waals surface area (Å²) in [4.78, 5) is 21.7. The molecule has 17 heavy (non-hydrogen) atoms. The Kier molecular flexibility index (Phi) is 5.56. The SMILES string of the molecule is Cc1cccc(NC(=O)CSCCC(=O)O)c1. The Labute approximate surface area is 104 Å². The van der Waals surface area contributed by atoms with Crippen LogP contribution in [-0.4, -0.2) is 28.5 Å². The number of carbonyl (C=O) groups is 2. The molecule has 0 fully saturated rings. The van der Waals surface area contributed by atoms with E-state index >= 15 is 0 Å². The molecule has 1 aromatic rings. The van der Waals surface area contributed by atoms with Gasteiger partial charge >= 0.3 is 5.97 Å². The van der Waals surface area contributed by atoms with E-state index in [1.807, 2.05) is 31.2 Å². The van der Waals surface area contributed by atoms with Gasteiger partial charge in [-0.1, -0.05) is 12.1 Å². The van der Waals surface area contributed by atoms with Gasteiger partial charge in [0.25, 0.3) is 0 Å². The molecule has 0 bridgehead atoms. The number of carboxylic acid groups (broad SMARTS) is 1. The first-order valence-electron chi connectivity index (χ1n) is 5.24. The molecule has 0 atom stereocenters. The van der Waals surface area contributed by atoms with Crippen molar-refractivity contribution in [3.8, 4) is 0 Å². The lowest BCUT2D eigenvalue weighted by Gasteiger charge is -2.05. The highest BCUT2D eigenvalue weighted by molar-refractivity contribution is 7.99. The van der Waals surface area contributed by atoms with Crippen LogP contribution in [0.4, 0.5) is 5.69 Å². The molecule has 0 aromatic heterocycles. The van der Waals surface area contributed by atoms with Crippen LogP contribution in [0.3, 0.4) is 0 Å². The van der Waals surface area contributed by atoms with E-state index in [1.165, 1.54) is 11.8 Å². The van der Waals surface area contributed by atoms with Crippen LogP contribution in [0.25, 0.3) is 0 Å². The minimum absolute atomic E-state index is 0.0857. The number of aryl methyl sites for hydroxylation is 1. The maximum Gasteiger partial charge on any atom is 0.304 e. The summed E-state index contributed by atoms with van der Waals surface area (Å²) in [6.45, 7) is 1.96. The predicted molar refractivity (Wildman–Crippen MR) is 69.4 cm³/mol. The Balaban J connectivity index is 2.27. The van der Waals surface area contributed by atoms with Crippen molar-refractivity contribution in [1.29, 1.82) is 0 Å². The van der Waals surface area contributed by atoms with Crippen molar-refractivity contribution >= 4 is 29.3 Å². The number of hydrogen-bond donors (Lipinski definition) is 2. The molecular weight excluding hydrogens is 238 g/mol. The Morgan fingerprint density at radius 3 is 2.82 bits per heavy atom. The molecule has 2 N–H and O–H groups in total. The van der Waals surface area contributed by atoms with E-state index in [1.54, 1.807) is 0 Å². The smallest absolute Gasteiger partial charge is 0.304 e. The molecule has 0 saturated carbocycles. The van der Waals surface area contributed by atoms with Crippen LogP contribution in [0.1, 0.15) is 12.0 Å². The molecule has 0 aliphatic rings. The average molecular weight is 253 g/mol. The summed E-state index contributed by atoms with van der Waals surface area (Å²) >= 11 is 1.32. The van der Waals surface area contributed by atoms with Crippen molar-refractivity contribution in [2.75, 3.05) is 16.8 Å². The maximum atomic E-state index is 11.5. The van der Waals surface area contributed by atoms with Gasteiger partial charge in [-0.3, -0.25) is 9.59 Å². The Morgan fingerprint density at radius 2 is 2.18 bits per heavy atom. The molecule has 4 nitrogen and oxygen atoms in total. The third-order valence-electron chi connectivity index (χ3n) is 2.00. The monoisotopic (exact) mass is 253 g/mol. The van der Waals surface area contributed by atoms with Crippen LogP contribution in [0.2, 0.25) is 0 Å². The van der Waals surface area contributed by atoms with Gasteiger partial charge in [0.2, 0.25) is 5.91 Å². The Morgan fingerprint density at radius 1 is 1.41 bits per heavy atom.